The van der Waals surface area contributed by atoms with Crippen LogP contribution in [-0.2, 0) is 16.5 Å². The molecule has 2 aromatic rings. The molecule has 2 fully saturated rings. The van der Waals surface area contributed by atoms with Crippen molar-refractivity contribution >= 4 is 5.91 Å². The van der Waals surface area contributed by atoms with Gasteiger partial charge in [-0.2, -0.15) is 5.10 Å². The fraction of sp³-hybridized carbons (Fsp3) is 0.444. The summed E-state index contributed by atoms with van der Waals surface area (Å²) in [6, 6.07) is 4.70. The van der Waals surface area contributed by atoms with Gasteiger partial charge < -0.3 is 14.4 Å². The summed E-state index contributed by atoms with van der Waals surface area (Å²) in [7, 11) is 1.60. The predicted octanol–water partition coefficient (Wildman–Crippen LogP) is 2.34. The van der Waals surface area contributed by atoms with Crippen molar-refractivity contribution in [3.05, 3.63) is 41.6 Å². The Balaban J connectivity index is 1.54. The fourth-order valence-corrected chi connectivity index (χ4v) is 3.52. The Bertz CT molecular complexity index is 836. The number of amides is 1. The molecule has 0 saturated carbocycles. The van der Waals surface area contributed by atoms with Gasteiger partial charge in [-0.3, -0.25) is 9.48 Å². The van der Waals surface area contributed by atoms with Gasteiger partial charge in [0.05, 0.1) is 18.9 Å². The summed E-state index contributed by atoms with van der Waals surface area (Å²) in [5.74, 6) is -1.91. The summed E-state index contributed by atoms with van der Waals surface area (Å²) in [5.41, 5.74) is 0.626. The third-order valence-electron chi connectivity index (χ3n) is 4.93. The molecule has 0 unspecified atom stereocenters. The van der Waals surface area contributed by atoms with Gasteiger partial charge in [-0.1, -0.05) is 0 Å². The van der Waals surface area contributed by atoms with Gasteiger partial charge >= 0.3 is 0 Å². The average Bonchev–Trinajstić information content (AvgIpc) is 3.24. The number of ether oxygens (including phenoxy) is 2. The zero-order valence-electron chi connectivity index (χ0n) is 14.4. The molecule has 0 atom stereocenters. The first-order valence-electron chi connectivity index (χ1n) is 8.54. The van der Waals surface area contributed by atoms with Crippen molar-refractivity contribution in [3.8, 4) is 11.3 Å². The zero-order chi connectivity index (χ0) is 18.3. The molecule has 1 amide bonds. The lowest BCUT2D eigenvalue weighted by molar-refractivity contribution is -0.181. The van der Waals surface area contributed by atoms with Crippen molar-refractivity contribution in [1.82, 2.24) is 14.7 Å². The molecular formula is C18H19F2N3O3. The highest BCUT2D eigenvalue weighted by atomic mass is 19.1. The second-order valence-electron chi connectivity index (χ2n) is 6.56. The van der Waals surface area contributed by atoms with Gasteiger partial charge in [0.25, 0.3) is 5.91 Å². The maximum absolute atomic E-state index is 14.0. The molecule has 1 aromatic carbocycles. The first-order chi connectivity index (χ1) is 12.5. The summed E-state index contributed by atoms with van der Waals surface area (Å²) in [6.45, 7) is 2.16. The highest BCUT2D eigenvalue weighted by Crippen LogP contribution is 2.32. The van der Waals surface area contributed by atoms with Crippen molar-refractivity contribution in [2.24, 2.45) is 7.05 Å². The minimum Gasteiger partial charge on any atom is -0.347 e. The molecule has 0 radical (unpaired) electrons. The maximum Gasteiger partial charge on any atom is 0.274 e. The number of nitrogens with zero attached hydrogens (tertiary/aromatic N) is 3. The van der Waals surface area contributed by atoms with Crippen molar-refractivity contribution in [2.45, 2.75) is 18.6 Å². The zero-order valence-corrected chi connectivity index (χ0v) is 14.4. The topological polar surface area (TPSA) is 56.6 Å². The van der Waals surface area contributed by atoms with Crippen LogP contribution in [0.1, 0.15) is 23.3 Å². The highest BCUT2D eigenvalue weighted by Gasteiger charge is 2.41. The molecule has 2 aliphatic heterocycles. The minimum absolute atomic E-state index is 0.0735. The number of hydrogen-bond acceptors (Lipinski definition) is 4. The van der Waals surface area contributed by atoms with E-state index in [1.165, 1.54) is 10.7 Å². The Kier molecular flexibility index (Phi) is 4.24. The summed E-state index contributed by atoms with van der Waals surface area (Å²) in [4.78, 5) is 14.4. The lowest BCUT2D eigenvalue weighted by Gasteiger charge is -2.37. The van der Waals surface area contributed by atoms with Crippen molar-refractivity contribution in [3.63, 3.8) is 0 Å². The molecule has 2 saturated heterocycles. The Morgan fingerprint density at radius 1 is 1.15 bits per heavy atom. The van der Waals surface area contributed by atoms with E-state index in [2.05, 4.69) is 5.10 Å². The van der Waals surface area contributed by atoms with E-state index >= 15 is 0 Å². The van der Waals surface area contributed by atoms with E-state index in [0.717, 1.165) is 18.2 Å². The average molecular weight is 363 g/mol. The standard InChI is InChI=1S/C18H19F2N3O3/c1-22-16(13-10-12(19)2-3-14(13)20)11-15(21-22)17(24)23-6-4-18(5-7-23)25-8-9-26-18/h2-3,10-11H,4-9H2,1H3. The monoisotopic (exact) mass is 363 g/mol. The Morgan fingerprint density at radius 3 is 2.54 bits per heavy atom. The summed E-state index contributed by atoms with van der Waals surface area (Å²) < 4.78 is 40.2. The van der Waals surface area contributed by atoms with E-state index in [1.807, 2.05) is 0 Å². The van der Waals surface area contributed by atoms with Crippen LogP contribution in [0.4, 0.5) is 8.78 Å². The van der Waals surface area contributed by atoms with Crippen molar-refractivity contribution in [1.29, 1.82) is 0 Å². The van der Waals surface area contributed by atoms with E-state index in [-0.39, 0.29) is 17.2 Å². The number of hydrogen-bond donors (Lipinski definition) is 0. The molecule has 1 spiro atoms. The van der Waals surface area contributed by atoms with Gasteiger partial charge in [0.15, 0.2) is 11.5 Å². The van der Waals surface area contributed by atoms with E-state index in [1.54, 1.807) is 11.9 Å². The number of rotatable bonds is 2. The lowest BCUT2D eigenvalue weighted by Crippen LogP contribution is -2.47. The molecule has 3 heterocycles. The Morgan fingerprint density at radius 2 is 1.85 bits per heavy atom. The molecule has 4 rings (SSSR count). The molecule has 2 aliphatic rings. The Hall–Kier alpha value is -2.32. The lowest BCUT2D eigenvalue weighted by atomic mass is 10.0. The van der Waals surface area contributed by atoms with Crippen LogP contribution in [0.3, 0.4) is 0 Å². The van der Waals surface area contributed by atoms with Crippen LogP contribution in [0.5, 0.6) is 0 Å². The van der Waals surface area contributed by atoms with Crippen LogP contribution in [0, 0.1) is 11.6 Å². The third-order valence-corrected chi connectivity index (χ3v) is 4.93. The summed E-state index contributed by atoms with van der Waals surface area (Å²) in [5, 5.41) is 4.20. The van der Waals surface area contributed by atoms with Crippen LogP contribution in [0.25, 0.3) is 11.3 Å². The Labute approximate surface area is 149 Å². The summed E-state index contributed by atoms with van der Waals surface area (Å²) >= 11 is 0. The molecule has 0 N–H and O–H groups in total. The normalized spacial score (nSPS) is 19.3. The van der Waals surface area contributed by atoms with Crippen LogP contribution in [0.15, 0.2) is 24.3 Å². The van der Waals surface area contributed by atoms with Gasteiger partial charge in [0.2, 0.25) is 0 Å². The third kappa shape index (κ3) is 2.99. The van der Waals surface area contributed by atoms with Crippen LogP contribution >= 0.6 is 0 Å². The van der Waals surface area contributed by atoms with Crippen LogP contribution in [-0.4, -0.2) is 52.7 Å². The van der Waals surface area contributed by atoms with Crippen molar-refractivity contribution in [2.75, 3.05) is 26.3 Å². The number of carbonyl (C=O) groups excluding carboxylic acids is 1. The molecule has 8 heteroatoms. The molecule has 6 nitrogen and oxygen atoms in total. The van der Waals surface area contributed by atoms with E-state index in [9.17, 15) is 13.6 Å². The van der Waals surface area contributed by atoms with Crippen LogP contribution in [0.2, 0.25) is 0 Å². The summed E-state index contributed by atoms with van der Waals surface area (Å²) in [6.07, 6.45) is 1.22. The van der Waals surface area contributed by atoms with E-state index in [4.69, 9.17) is 9.47 Å². The van der Waals surface area contributed by atoms with E-state index in [0.29, 0.717) is 44.8 Å². The number of piperidine rings is 1. The number of halogens is 2. The second-order valence-corrected chi connectivity index (χ2v) is 6.56. The second kappa shape index (κ2) is 6.44. The first kappa shape index (κ1) is 17.1. The van der Waals surface area contributed by atoms with Gasteiger partial charge in [0, 0.05) is 38.5 Å². The van der Waals surface area contributed by atoms with Gasteiger partial charge in [0.1, 0.15) is 11.6 Å². The maximum atomic E-state index is 14.0. The van der Waals surface area contributed by atoms with Gasteiger partial charge in [-0.25, -0.2) is 8.78 Å². The predicted molar refractivity (Wildman–Crippen MR) is 88.3 cm³/mol. The highest BCUT2D eigenvalue weighted by molar-refractivity contribution is 5.93. The van der Waals surface area contributed by atoms with Crippen LogP contribution < -0.4 is 0 Å². The molecule has 0 aliphatic carbocycles. The SMILES string of the molecule is Cn1nc(C(=O)N2CCC3(CC2)OCCO3)cc1-c1cc(F)ccc1F. The first-order valence-corrected chi connectivity index (χ1v) is 8.54. The fourth-order valence-electron chi connectivity index (χ4n) is 3.52. The number of likely N-dealkylation sites (tertiary alicyclic amines) is 1. The number of aryl methyl sites for hydroxylation is 1. The number of carbonyl (C=O) groups is 1. The molecule has 1 aromatic heterocycles. The molecule has 26 heavy (non-hydrogen) atoms. The van der Waals surface area contributed by atoms with Crippen molar-refractivity contribution < 1.29 is 23.0 Å². The largest absolute Gasteiger partial charge is 0.347 e. The number of aromatic nitrogens is 2. The molecule has 0 bridgehead atoms. The minimum atomic E-state index is -0.566. The van der Waals surface area contributed by atoms with E-state index < -0.39 is 17.4 Å². The number of benzene rings is 1. The molecule has 138 valence electrons. The van der Waals surface area contributed by atoms with Gasteiger partial charge in [-0.15, -0.1) is 0 Å². The molecular weight excluding hydrogens is 344 g/mol. The smallest absolute Gasteiger partial charge is 0.274 e. The van der Waals surface area contributed by atoms with Gasteiger partial charge in [-0.05, 0) is 24.3 Å². The quantitative estimate of drug-likeness (QED) is 0.822.